The van der Waals surface area contributed by atoms with Gasteiger partial charge in [0.2, 0.25) is 10.0 Å². The smallest absolute Gasteiger partial charge is 0.330 e. The zero-order valence-corrected chi connectivity index (χ0v) is 15.6. The van der Waals surface area contributed by atoms with Crippen molar-refractivity contribution in [3.8, 4) is 0 Å². The molecule has 26 heavy (non-hydrogen) atoms. The monoisotopic (exact) mass is 371 g/mol. The van der Waals surface area contributed by atoms with Crippen LogP contribution in [0.1, 0.15) is 25.8 Å². The van der Waals surface area contributed by atoms with Crippen LogP contribution in [0.25, 0.3) is 17.0 Å². The van der Waals surface area contributed by atoms with E-state index in [0.29, 0.717) is 18.5 Å². The molecule has 6 heteroatoms. The first-order chi connectivity index (χ1) is 12.4. The van der Waals surface area contributed by atoms with Gasteiger partial charge in [-0.25, -0.2) is 17.2 Å². The van der Waals surface area contributed by atoms with Gasteiger partial charge in [-0.3, -0.25) is 0 Å². The van der Waals surface area contributed by atoms with E-state index in [1.807, 2.05) is 24.3 Å². The molecule has 0 spiro atoms. The van der Waals surface area contributed by atoms with Crippen LogP contribution in [0.2, 0.25) is 0 Å². The topological polar surface area (TPSA) is 65.4 Å². The number of benzene rings is 1. The number of allylic oxidation sites excluding steroid dienone is 3. The molecule has 1 aliphatic carbocycles. The second-order valence-corrected chi connectivity index (χ2v) is 8.60. The van der Waals surface area contributed by atoms with Gasteiger partial charge in [0.15, 0.2) is 0 Å². The fourth-order valence-corrected chi connectivity index (χ4v) is 4.56. The Balaban J connectivity index is 2.02. The average molecular weight is 371 g/mol. The molecule has 5 nitrogen and oxygen atoms in total. The minimum absolute atomic E-state index is 0.309. The van der Waals surface area contributed by atoms with Crippen molar-refractivity contribution in [2.45, 2.75) is 25.0 Å². The van der Waals surface area contributed by atoms with E-state index in [1.54, 1.807) is 50.4 Å². The normalized spacial score (nSPS) is 20.1. The molecule has 3 rings (SSSR count). The lowest BCUT2D eigenvalue weighted by atomic mass is 10.0. The van der Waals surface area contributed by atoms with Crippen molar-refractivity contribution in [2.24, 2.45) is 0 Å². The standard InChI is InChI=1S/C20H21NO4S/c1-3-25-19(22)10-8-16-7-9-17-11-14-21(18(17)15-16)26(23,24)20(2)12-5-4-6-13-20/h4-12,14-15H,3,13H2,1-2H3/b10-8+. The van der Waals surface area contributed by atoms with Crippen molar-refractivity contribution < 1.29 is 17.9 Å². The zero-order chi connectivity index (χ0) is 18.8. The Morgan fingerprint density at radius 3 is 2.81 bits per heavy atom. The molecule has 1 unspecified atom stereocenters. The molecule has 0 fully saturated rings. The van der Waals surface area contributed by atoms with Gasteiger partial charge < -0.3 is 4.74 Å². The molecular weight excluding hydrogens is 350 g/mol. The minimum atomic E-state index is -3.64. The molecule has 1 heterocycles. The zero-order valence-electron chi connectivity index (χ0n) is 14.8. The maximum atomic E-state index is 13.2. The average Bonchev–Trinajstić information content (AvgIpc) is 3.04. The quantitative estimate of drug-likeness (QED) is 0.594. The molecule has 1 aromatic carbocycles. The highest BCUT2D eigenvalue weighted by Gasteiger charge is 2.38. The fourth-order valence-electron chi connectivity index (χ4n) is 2.91. The van der Waals surface area contributed by atoms with Crippen LogP contribution in [-0.2, 0) is 19.6 Å². The van der Waals surface area contributed by atoms with E-state index in [9.17, 15) is 13.2 Å². The second kappa shape index (κ2) is 6.96. The van der Waals surface area contributed by atoms with Crippen LogP contribution < -0.4 is 0 Å². The van der Waals surface area contributed by atoms with E-state index in [0.717, 1.165) is 10.9 Å². The summed E-state index contributed by atoms with van der Waals surface area (Å²) in [7, 11) is -3.64. The van der Waals surface area contributed by atoms with Gasteiger partial charge in [0.05, 0.1) is 12.1 Å². The Morgan fingerprint density at radius 2 is 2.12 bits per heavy atom. The van der Waals surface area contributed by atoms with Crippen molar-refractivity contribution in [2.75, 3.05) is 6.61 Å². The molecule has 0 radical (unpaired) electrons. The molecular formula is C20H21NO4S. The predicted octanol–water partition coefficient (Wildman–Crippen LogP) is 3.67. The highest BCUT2D eigenvalue weighted by atomic mass is 32.2. The summed E-state index contributed by atoms with van der Waals surface area (Å²) >= 11 is 0. The number of ether oxygens (including phenoxy) is 1. The molecule has 1 aromatic heterocycles. The molecule has 0 saturated carbocycles. The van der Waals surface area contributed by atoms with Crippen LogP contribution in [0.5, 0.6) is 0 Å². The lowest BCUT2D eigenvalue weighted by Gasteiger charge is -2.27. The maximum Gasteiger partial charge on any atom is 0.330 e. The lowest BCUT2D eigenvalue weighted by Crippen LogP contribution is -2.37. The summed E-state index contributed by atoms with van der Waals surface area (Å²) < 4.78 is 31.7. The van der Waals surface area contributed by atoms with Crippen molar-refractivity contribution in [1.82, 2.24) is 3.97 Å². The molecule has 136 valence electrons. The molecule has 0 aliphatic heterocycles. The number of fused-ring (bicyclic) bond motifs is 1. The third kappa shape index (κ3) is 3.24. The molecule has 0 bridgehead atoms. The Labute approximate surface area is 153 Å². The third-order valence-corrected chi connectivity index (χ3v) is 6.76. The number of carbonyl (C=O) groups is 1. The van der Waals surface area contributed by atoms with Crippen LogP contribution in [0.15, 0.2) is 60.8 Å². The number of rotatable bonds is 5. The highest BCUT2D eigenvalue weighted by molar-refractivity contribution is 7.91. The van der Waals surface area contributed by atoms with Gasteiger partial charge in [0.1, 0.15) is 4.75 Å². The maximum absolute atomic E-state index is 13.2. The van der Waals surface area contributed by atoms with Crippen molar-refractivity contribution in [3.05, 3.63) is 66.4 Å². The summed E-state index contributed by atoms with van der Waals surface area (Å²) in [5.41, 5.74) is 1.31. The Kier molecular flexibility index (Phi) is 4.87. The summed E-state index contributed by atoms with van der Waals surface area (Å²) in [4.78, 5) is 11.5. The third-order valence-electron chi connectivity index (χ3n) is 4.45. The molecule has 0 N–H and O–H groups in total. The fraction of sp³-hybridized carbons (Fsp3) is 0.250. The summed E-state index contributed by atoms with van der Waals surface area (Å²) in [6.45, 7) is 3.77. The van der Waals surface area contributed by atoms with Gasteiger partial charge in [-0.05, 0) is 44.0 Å². The van der Waals surface area contributed by atoms with E-state index < -0.39 is 20.7 Å². The Bertz CT molecular complexity index is 1030. The van der Waals surface area contributed by atoms with E-state index in [-0.39, 0.29) is 0 Å². The molecule has 0 amide bonds. The first kappa shape index (κ1) is 18.2. The van der Waals surface area contributed by atoms with Gasteiger partial charge in [0, 0.05) is 17.7 Å². The van der Waals surface area contributed by atoms with E-state index >= 15 is 0 Å². The highest BCUT2D eigenvalue weighted by Crippen LogP contribution is 2.31. The number of aromatic nitrogens is 1. The largest absolute Gasteiger partial charge is 0.463 e. The number of esters is 1. The van der Waals surface area contributed by atoms with Crippen LogP contribution >= 0.6 is 0 Å². The first-order valence-electron chi connectivity index (χ1n) is 8.43. The van der Waals surface area contributed by atoms with Crippen molar-refractivity contribution in [1.29, 1.82) is 0 Å². The van der Waals surface area contributed by atoms with Gasteiger partial charge in [0.25, 0.3) is 0 Å². The van der Waals surface area contributed by atoms with E-state index in [1.165, 1.54) is 10.0 Å². The van der Waals surface area contributed by atoms with Crippen LogP contribution in [-0.4, -0.2) is 29.7 Å². The molecule has 2 aromatic rings. The molecule has 1 atom stereocenters. The van der Waals surface area contributed by atoms with Gasteiger partial charge in [-0.2, -0.15) is 0 Å². The van der Waals surface area contributed by atoms with E-state index in [2.05, 4.69) is 0 Å². The number of hydrogen-bond acceptors (Lipinski definition) is 4. The van der Waals surface area contributed by atoms with Crippen LogP contribution in [0, 0.1) is 0 Å². The summed E-state index contributed by atoms with van der Waals surface area (Å²) in [5.74, 6) is -0.428. The Hall–Kier alpha value is -2.60. The first-order valence-corrected chi connectivity index (χ1v) is 9.87. The van der Waals surface area contributed by atoms with Crippen LogP contribution in [0.4, 0.5) is 0 Å². The summed E-state index contributed by atoms with van der Waals surface area (Å²) in [5, 5.41) is 0.820. The van der Waals surface area contributed by atoms with Gasteiger partial charge in [-0.15, -0.1) is 0 Å². The number of nitrogens with zero attached hydrogens (tertiary/aromatic N) is 1. The van der Waals surface area contributed by atoms with Crippen molar-refractivity contribution >= 4 is 33.0 Å². The summed E-state index contributed by atoms with van der Waals surface area (Å²) in [6, 6.07) is 7.21. The van der Waals surface area contributed by atoms with Gasteiger partial charge in [-0.1, -0.05) is 36.4 Å². The summed E-state index contributed by atoms with van der Waals surface area (Å²) in [6.07, 6.45) is 12.2. The SMILES string of the molecule is CCOC(=O)/C=C/c1ccc2ccn(S(=O)(=O)C3(C)C=CC=CC3)c2c1. The van der Waals surface area contributed by atoms with Crippen molar-refractivity contribution in [3.63, 3.8) is 0 Å². The molecule has 1 aliphatic rings. The minimum Gasteiger partial charge on any atom is -0.463 e. The number of carbonyl (C=O) groups excluding carboxylic acids is 1. The van der Waals surface area contributed by atoms with Crippen LogP contribution in [0.3, 0.4) is 0 Å². The number of hydrogen-bond donors (Lipinski definition) is 0. The predicted molar refractivity (Wildman–Crippen MR) is 103 cm³/mol. The van der Waals surface area contributed by atoms with Gasteiger partial charge >= 0.3 is 5.97 Å². The second-order valence-electron chi connectivity index (χ2n) is 6.32. The Morgan fingerprint density at radius 1 is 1.31 bits per heavy atom. The lowest BCUT2D eigenvalue weighted by molar-refractivity contribution is -0.137. The molecule has 0 saturated heterocycles. The van der Waals surface area contributed by atoms with E-state index in [4.69, 9.17) is 4.74 Å².